The lowest BCUT2D eigenvalue weighted by Gasteiger charge is -2.02. The van der Waals surface area contributed by atoms with Gasteiger partial charge in [-0.3, -0.25) is 0 Å². The molecule has 0 saturated carbocycles. The summed E-state index contributed by atoms with van der Waals surface area (Å²) in [7, 11) is 0. The normalized spacial score (nSPS) is 10.8. The molecule has 0 fully saturated rings. The Hall–Kier alpha value is -1.85. The first kappa shape index (κ1) is 12.2. The first-order valence-corrected chi connectivity index (χ1v) is 6.67. The Morgan fingerprint density at radius 1 is 1.32 bits per heavy atom. The number of thiophene rings is 1. The van der Waals surface area contributed by atoms with Crippen molar-refractivity contribution in [2.75, 3.05) is 5.73 Å². The molecule has 0 aliphatic carbocycles. The fourth-order valence-corrected chi connectivity index (χ4v) is 2.76. The molecule has 6 heteroatoms. The van der Waals surface area contributed by atoms with E-state index in [0.717, 1.165) is 4.88 Å². The molecule has 0 aliphatic heterocycles. The molecule has 3 nitrogen and oxygen atoms in total. The number of benzene rings is 1. The van der Waals surface area contributed by atoms with Crippen LogP contribution in [0, 0.1) is 5.82 Å². The van der Waals surface area contributed by atoms with Gasteiger partial charge in [0.05, 0.1) is 11.1 Å². The first-order valence-electron chi connectivity index (χ1n) is 5.41. The highest BCUT2D eigenvalue weighted by molar-refractivity contribution is 7.13. The molecule has 0 amide bonds. The van der Waals surface area contributed by atoms with Gasteiger partial charge in [-0.25, -0.2) is 4.39 Å². The van der Waals surface area contributed by atoms with Gasteiger partial charge in [-0.15, -0.1) is 11.3 Å². The highest BCUT2D eigenvalue weighted by atomic mass is 35.5. The summed E-state index contributed by atoms with van der Waals surface area (Å²) in [5, 5.41) is 6.04. The Balaban J connectivity index is 2.24. The average molecular weight is 295 g/mol. The van der Waals surface area contributed by atoms with E-state index >= 15 is 0 Å². The van der Waals surface area contributed by atoms with E-state index in [1.165, 1.54) is 29.5 Å². The maximum atomic E-state index is 13.9. The highest BCUT2D eigenvalue weighted by Gasteiger charge is 2.21. The molecule has 2 heterocycles. The Bertz CT molecular complexity index is 724. The van der Waals surface area contributed by atoms with Crippen molar-refractivity contribution in [2.45, 2.75) is 0 Å². The Morgan fingerprint density at radius 3 is 2.89 bits per heavy atom. The summed E-state index contributed by atoms with van der Waals surface area (Å²) >= 11 is 7.37. The maximum absolute atomic E-state index is 13.9. The van der Waals surface area contributed by atoms with Gasteiger partial charge in [0.2, 0.25) is 0 Å². The number of halogens is 2. The Morgan fingerprint density at radius 2 is 2.16 bits per heavy atom. The van der Waals surface area contributed by atoms with Crippen LogP contribution in [-0.2, 0) is 0 Å². The molecule has 3 rings (SSSR count). The van der Waals surface area contributed by atoms with Crippen molar-refractivity contribution in [3.05, 3.63) is 46.6 Å². The topological polar surface area (TPSA) is 52.0 Å². The fourth-order valence-electron chi connectivity index (χ4n) is 1.82. The van der Waals surface area contributed by atoms with Crippen molar-refractivity contribution >= 4 is 28.8 Å². The van der Waals surface area contributed by atoms with Gasteiger partial charge in [-0.2, -0.15) is 0 Å². The van der Waals surface area contributed by atoms with E-state index in [9.17, 15) is 4.39 Å². The third-order valence-corrected chi connectivity index (χ3v) is 3.78. The molecule has 3 aromatic rings. The molecular formula is C13H8ClFN2OS. The Labute approximate surface area is 117 Å². The predicted octanol–water partition coefficient (Wildman–Crippen LogP) is 4.44. The summed E-state index contributed by atoms with van der Waals surface area (Å²) in [5.74, 6) is 0.0927. The molecule has 0 radical (unpaired) electrons. The zero-order valence-corrected chi connectivity index (χ0v) is 11.1. The minimum absolute atomic E-state index is 0.233. The van der Waals surface area contributed by atoms with Crippen LogP contribution in [-0.4, -0.2) is 5.16 Å². The molecule has 1 aromatic carbocycles. The predicted molar refractivity (Wildman–Crippen MR) is 74.6 cm³/mol. The molecule has 96 valence electrons. The zero-order valence-electron chi connectivity index (χ0n) is 9.56. The largest absolute Gasteiger partial charge is 0.380 e. The lowest BCUT2D eigenvalue weighted by atomic mass is 10.1. The van der Waals surface area contributed by atoms with Crippen LogP contribution in [0.25, 0.3) is 21.8 Å². The summed E-state index contributed by atoms with van der Waals surface area (Å²) < 4.78 is 19.1. The van der Waals surface area contributed by atoms with Crippen molar-refractivity contribution in [1.29, 1.82) is 0 Å². The second-order valence-electron chi connectivity index (χ2n) is 3.87. The SMILES string of the molecule is Nc1noc(-c2cc(Cl)ccc2F)c1-c1cccs1. The molecule has 0 saturated heterocycles. The summed E-state index contributed by atoms with van der Waals surface area (Å²) in [6.07, 6.45) is 0. The maximum Gasteiger partial charge on any atom is 0.180 e. The lowest BCUT2D eigenvalue weighted by Crippen LogP contribution is -1.88. The quantitative estimate of drug-likeness (QED) is 0.760. The summed E-state index contributed by atoms with van der Waals surface area (Å²) in [6.45, 7) is 0. The van der Waals surface area contributed by atoms with Gasteiger partial charge in [0, 0.05) is 9.90 Å². The summed E-state index contributed by atoms with van der Waals surface area (Å²) in [5.41, 5.74) is 6.65. The van der Waals surface area contributed by atoms with Crippen LogP contribution in [0.1, 0.15) is 0 Å². The number of rotatable bonds is 2. The van der Waals surface area contributed by atoms with Crippen LogP contribution in [0.4, 0.5) is 10.2 Å². The van der Waals surface area contributed by atoms with E-state index in [4.69, 9.17) is 21.9 Å². The fraction of sp³-hybridized carbons (Fsp3) is 0. The molecule has 2 N–H and O–H groups in total. The minimum atomic E-state index is -0.432. The van der Waals surface area contributed by atoms with Gasteiger partial charge in [0.15, 0.2) is 11.6 Å². The van der Waals surface area contributed by atoms with E-state index < -0.39 is 5.82 Å². The van der Waals surface area contributed by atoms with Crippen LogP contribution in [0.2, 0.25) is 5.02 Å². The van der Waals surface area contributed by atoms with Crippen molar-refractivity contribution in [1.82, 2.24) is 5.16 Å². The molecule has 19 heavy (non-hydrogen) atoms. The highest BCUT2D eigenvalue weighted by Crippen LogP contribution is 2.40. The van der Waals surface area contributed by atoms with E-state index in [1.54, 1.807) is 0 Å². The number of nitrogen functional groups attached to an aromatic ring is 1. The average Bonchev–Trinajstić information content (AvgIpc) is 3.01. The number of nitrogens with zero attached hydrogens (tertiary/aromatic N) is 1. The van der Waals surface area contributed by atoms with Gasteiger partial charge in [0.1, 0.15) is 5.82 Å². The van der Waals surface area contributed by atoms with Crippen molar-refractivity contribution in [3.63, 3.8) is 0 Å². The van der Waals surface area contributed by atoms with E-state index in [2.05, 4.69) is 5.16 Å². The van der Waals surface area contributed by atoms with Crippen LogP contribution in [0.15, 0.2) is 40.2 Å². The number of anilines is 1. The van der Waals surface area contributed by atoms with Gasteiger partial charge < -0.3 is 10.3 Å². The van der Waals surface area contributed by atoms with E-state index in [1.807, 2.05) is 17.5 Å². The number of nitrogens with two attached hydrogens (primary N) is 1. The molecule has 0 atom stereocenters. The molecule has 0 unspecified atom stereocenters. The van der Waals surface area contributed by atoms with Crippen LogP contribution in [0.5, 0.6) is 0 Å². The minimum Gasteiger partial charge on any atom is -0.380 e. The Kier molecular flexibility index (Phi) is 3.00. The van der Waals surface area contributed by atoms with Crippen LogP contribution >= 0.6 is 22.9 Å². The van der Waals surface area contributed by atoms with Gasteiger partial charge in [-0.1, -0.05) is 22.8 Å². The second kappa shape index (κ2) is 4.68. The molecule has 0 bridgehead atoms. The summed E-state index contributed by atoms with van der Waals surface area (Å²) in [6, 6.07) is 8.01. The van der Waals surface area contributed by atoms with E-state index in [-0.39, 0.29) is 11.4 Å². The molecular weight excluding hydrogens is 287 g/mol. The molecule has 0 aliphatic rings. The van der Waals surface area contributed by atoms with Gasteiger partial charge >= 0.3 is 0 Å². The van der Waals surface area contributed by atoms with E-state index in [0.29, 0.717) is 16.3 Å². The first-order chi connectivity index (χ1) is 9.16. The standard InChI is InChI=1S/C13H8ClFN2OS/c14-7-3-4-9(15)8(6-7)12-11(13(16)17-18-12)10-2-1-5-19-10/h1-6H,(H2,16,17). The number of hydrogen-bond acceptors (Lipinski definition) is 4. The van der Waals surface area contributed by atoms with Crippen molar-refractivity contribution < 1.29 is 8.91 Å². The summed E-state index contributed by atoms with van der Waals surface area (Å²) in [4.78, 5) is 0.869. The smallest absolute Gasteiger partial charge is 0.180 e. The number of hydrogen-bond donors (Lipinski definition) is 1. The molecule has 2 aromatic heterocycles. The monoisotopic (exact) mass is 294 g/mol. The number of aromatic nitrogens is 1. The molecule has 0 spiro atoms. The van der Waals surface area contributed by atoms with Gasteiger partial charge in [-0.05, 0) is 29.6 Å². The zero-order chi connectivity index (χ0) is 13.4. The van der Waals surface area contributed by atoms with Crippen LogP contribution < -0.4 is 5.73 Å². The second-order valence-corrected chi connectivity index (χ2v) is 5.26. The van der Waals surface area contributed by atoms with Gasteiger partial charge in [0.25, 0.3) is 0 Å². The van der Waals surface area contributed by atoms with Crippen LogP contribution in [0.3, 0.4) is 0 Å². The lowest BCUT2D eigenvalue weighted by molar-refractivity contribution is 0.433. The third-order valence-electron chi connectivity index (χ3n) is 2.66. The third kappa shape index (κ3) is 2.11. The van der Waals surface area contributed by atoms with Crippen molar-refractivity contribution in [3.8, 4) is 21.8 Å². The van der Waals surface area contributed by atoms with Crippen molar-refractivity contribution in [2.24, 2.45) is 0 Å².